The molecule has 2 aliphatic rings. The summed E-state index contributed by atoms with van der Waals surface area (Å²) in [7, 11) is -3.16. The SMILES string of the molecule is Cl.NCCC(=O)NCC1CCCCN1C(=O)CCN1CCCS1(=O)=O. The Morgan fingerprint density at radius 3 is 2.52 bits per heavy atom. The van der Waals surface area contributed by atoms with Crippen molar-refractivity contribution in [2.75, 3.05) is 38.5 Å². The maximum Gasteiger partial charge on any atom is 0.224 e. The summed E-state index contributed by atoms with van der Waals surface area (Å²) in [6.07, 6.45) is 3.95. The van der Waals surface area contributed by atoms with Gasteiger partial charge in [-0.15, -0.1) is 12.4 Å². The summed E-state index contributed by atoms with van der Waals surface area (Å²) in [6.45, 7) is 2.18. The lowest BCUT2D eigenvalue weighted by Gasteiger charge is -2.36. The zero-order valence-corrected chi connectivity index (χ0v) is 16.1. The van der Waals surface area contributed by atoms with Gasteiger partial charge in [0.05, 0.1) is 5.75 Å². The van der Waals surface area contributed by atoms with Gasteiger partial charge in [-0.1, -0.05) is 0 Å². The Hall–Kier alpha value is -0.900. The second-order valence-electron chi connectivity index (χ2n) is 6.40. The minimum Gasteiger partial charge on any atom is -0.354 e. The molecule has 2 rings (SSSR count). The monoisotopic (exact) mass is 396 g/mol. The van der Waals surface area contributed by atoms with E-state index in [0.717, 1.165) is 19.3 Å². The van der Waals surface area contributed by atoms with Crippen molar-refractivity contribution in [3.05, 3.63) is 0 Å². The molecule has 146 valence electrons. The zero-order valence-electron chi connectivity index (χ0n) is 14.5. The minimum absolute atomic E-state index is 0. The van der Waals surface area contributed by atoms with Crippen molar-refractivity contribution in [2.45, 2.75) is 44.6 Å². The van der Waals surface area contributed by atoms with Crippen LogP contribution in [0, 0.1) is 0 Å². The Morgan fingerprint density at radius 1 is 1.12 bits per heavy atom. The molecule has 2 heterocycles. The molecule has 2 fully saturated rings. The van der Waals surface area contributed by atoms with Gasteiger partial charge >= 0.3 is 0 Å². The third-order valence-corrected chi connectivity index (χ3v) is 6.59. The number of likely N-dealkylation sites (tertiary alicyclic amines) is 1. The minimum atomic E-state index is -3.16. The first-order valence-corrected chi connectivity index (χ1v) is 10.3. The Balaban J connectivity index is 0.00000312. The van der Waals surface area contributed by atoms with Gasteiger partial charge in [0, 0.05) is 51.6 Å². The largest absolute Gasteiger partial charge is 0.354 e. The third kappa shape index (κ3) is 6.40. The molecule has 8 nitrogen and oxygen atoms in total. The van der Waals surface area contributed by atoms with E-state index in [1.165, 1.54) is 4.31 Å². The molecule has 0 bridgehead atoms. The molecule has 0 saturated carbocycles. The predicted molar refractivity (Wildman–Crippen MR) is 97.9 cm³/mol. The van der Waals surface area contributed by atoms with E-state index in [2.05, 4.69) is 5.32 Å². The van der Waals surface area contributed by atoms with Gasteiger partial charge in [-0.3, -0.25) is 9.59 Å². The molecular formula is C15H29ClN4O4S. The van der Waals surface area contributed by atoms with E-state index in [1.54, 1.807) is 4.90 Å². The maximum atomic E-state index is 12.5. The highest BCUT2D eigenvalue weighted by Crippen LogP contribution is 2.19. The normalized spacial score (nSPS) is 23.1. The lowest BCUT2D eigenvalue weighted by Crippen LogP contribution is -2.50. The van der Waals surface area contributed by atoms with Crippen LogP contribution >= 0.6 is 12.4 Å². The summed E-state index contributed by atoms with van der Waals surface area (Å²) in [5.41, 5.74) is 5.36. The standard InChI is InChI=1S/C15H28N4O4S.ClH/c16-7-5-14(20)17-12-13-4-1-2-9-19(13)15(21)6-10-18-8-3-11-24(18,22)23;/h13H,1-12,16H2,(H,17,20);1H. The number of carbonyl (C=O) groups excluding carboxylic acids is 2. The van der Waals surface area contributed by atoms with Crippen molar-refractivity contribution in [3.63, 3.8) is 0 Å². The number of piperidine rings is 1. The van der Waals surface area contributed by atoms with E-state index in [-0.39, 0.29) is 55.4 Å². The molecule has 0 aromatic rings. The third-order valence-electron chi connectivity index (χ3n) is 4.63. The van der Waals surface area contributed by atoms with Crippen LogP contribution < -0.4 is 11.1 Å². The van der Waals surface area contributed by atoms with Crippen LogP contribution in [0.4, 0.5) is 0 Å². The quantitative estimate of drug-likeness (QED) is 0.612. The molecule has 0 aromatic carbocycles. The van der Waals surface area contributed by atoms with Crippen molar-refractivity contribution in [1.82, 2.24) is 14.5 Å². The molecule has 2 amide bonds. The first-order chi connectivity index (χ1) is 11.4. The number of hydrogen-bond acceptors (Lipinski definition) is 5. The number of rotatable bonds is 7. The Bertz CT molecular complexity index is 558. The van der Waals surface area contributed by atoms with E-state index in [4.69, 9.17) is 5.73 Å². The van der Waals surface area contributed by atoms with Gasteiger partial charge < -0.3 is 16.0 Å². The van der Waals surface area contributed by atoms with Crippen molar-refractivity contribution < 1.29 is 18.0 Å². The van der Waals surface area contributed by atoms with E-state index >= 15 is 0 Å². The number of nitrogens with zero attached hydrogens (tertiary/aromatic N) is 2. The fourth-order valence-corrected chi connectivity index (χ4v) is 4.83. The summed E-state index contributed by atoms with van der Waals surface area (Å²) < 4.78 is 25.0. The number of carbonyl (C=O) groups is 2. The van der Waals surface area contributed by atoms with Gasteiger partial charge in [0.1, 0.15) is 0 Å². The van der Waals surface area contributed by atoms with Crippen LogP contribution in [0.2, 0.25) is 0 Å². The van der Waals surface area contributed by atoms with Crippen molar-refractivity contribution >= 4 is 34.2 Å². The van der Waals surface area contributed by atoms with Crippen LogP contribution in [0.25, 0.3) is 0 Å². The highest BCUT2D eigenvalue weighted by atomic mass is 35.5. The van der Waals surface area contributed by atoms with Gasteiger partial charge in [-0.05, 0) is 25.7 Å². The first-order valence-electron chi connectivity index (χ1n) is 8.68. The van der Waals surface area contributed by atoms with E-state index in [9.17, 15) is 18.0 Å². The molecule has 2 saturated heterocycles. The lowest BCUT2D eigenvalue weighted by molar-refractivity contribution is -0.135. The molecule has 0 radical (unpaired) electrons. The van der Waals surface area contributed by atoms with Crippen LogP contribution in [0.5, 0.6) is 0 Å². The number of sulfonamides is 1. The molecule has 0 aromatic heterocycles. The van der Waals surface area contributed by atoms with Crippen LogP contribution in [0.3, 0.4) is 0 Å². The molecule has 10 heteroatoms. The Kier molecular flexibility index (Phi) is 9.12. The maximum absolute atomic E-state index is 12.5. The second kappa shape index (κ2) is 10.3. The van der Waals surface area contributed by atoms with Crippen LogP contribution in [0.1, 0.15) is 38.5 Å². The molecule has 1 unspecified atom stereocenters. The molecule has 1 atom stereocenters. The van der Waals surface area contributed by atoms with Crippen molar-refractivity contribution in [1.29, 1.82) is 0 Å². The summed E-state index contributed by atoms with van der Waals surface area (Å²) >= 11 is 0. The predicted octanol–water partition coefficient (Wildman–Crippen LogP) is -0.320. The highest BCUT2D eigenvalue weighted by Gasteiger charge is 2.31. The molecule has 2 aliphatic heterocycles. The van der Waals surface area contributed by atoms with Crippen LogP contribution in [0.15, 0.2) is 0 Å². The topological polar surface area (TPSA) is 113 Å². The zero-order chi connectivity index (χ0) is 17.6. The molecule has 25 heavy (non-hydrogen) atoms. The van der Waals surface area contributed by atoms with Crippen molar-refractivity contribution in [3.8, 4) is 0 Å². The van der Waals surface area contributed by atoms with Crippen LogP contribution in [-0.4, -0.2) is 74.0 Å². The number of nitrogens with two attached hydrogens (primary N) is 1. The Morgan fingerprint density at radius 2 is 1.88 bits per heavy atom. The molecule has 0 aliphatic carbocycles. The first kappa shape index (κ1) is 22.1. The fraction of sp³-hybridized carbons (Fsp3) is 0.867. The van der Waals surface area contributed by atoms with Crippen molar-refractivity contribution in [2.24, 2.45) is 5.73 Å². The summed E-state index contributed by atoms with van der Waals surface area (Å²) in [4.78, 5) is 25.9. The fourth-order valence-electron chi connectivity index (χ4n) is 3.30. The second-order valence-corrected chi connectivity index (χ2v) is 8.49. The van der Waals surface area contributed by atoms with Gasteiger partial charge in [-0.2, -0.15) is 0 Å². The number of hydrogen-bond donors (Lipinski definition) is 2. The van der Waals surface area contributed by atoms with E-state index < -0.39 is 10.0 Å². The average Bonchev–Trinajstić information content (AvgIpc) is 2.89. The van der Waals surface area contributed by atoms with E-state index in [1.807, 2.05) is 0 Å². The highest BCUT2D eigenvalue weighted by molar-refractivity contribution is 7.89. The Labute approximate surface area is 155 Å². The van der Waals surface area contributed by atoms with Gasteiger partial charge in [0.15, 0.2) is 0 Å². The number of halogens is 1. The van der Waals surface area contributed by atoms with Crippen LogP contribution in [-0.2, 0) is 19.6 Å². The summed E-state index contributed by atoms with van der Waals surface area (Å²) in [5.74, 6) is 0.0502. The van der Waals surface area contributed by atoms with E-state index in [0.29, 0.717) is 32.6 Å². The average molecular weight is 397 g/mol. The number of nitrogens with one attached hydrogen (secondary N) is 1. The van der Waals surface area contributed by atoms with Gasteiger partial charge in [0.2, 0.25) is 21.8 Å². The molecule has 3 N–H and O–H groups in total. The van der Waals surface area contributed by atoms with Gasteiger partial charge in [-0.25, -0.2) is 12.7 Å². The molecular weight excluding hydrogens is 368 g/mol. The smallest absolute Gasteiger partial charge is 0.224 e. The molecule has 0 spiro atoms. The lowest BCUT2D eigenvalue weighted by atomic mass is 10.0. The summed E-state index contributed by atoms with van der Waals surface area (Å²) in [5, 5.41) is 2.83. The summed E-state index contributed by atoms with van der Waals surface area (Å²) in [6, 6.07) is -0.0110. The number of amides is 2. The van der Waals surface area contributed by atoms with Gasteiger partial charge in [0.25, 0.3) is 0 Å².